The van der Waals surface area contributed by atoms with E-state index in [1.165, 1.54) is 12.3 Å². The zero-order valence-corrected chi connectivity index (χ0v) is 12.9. The minimum atomic E-state index is -0.330. The highest BCUT2D eigenvalue weighted by atomic mass is 35.5. The maximum Gasteiger partial charge on any atom is 0.410 e. The number of rotatable bonds is 4. The van der Waals surface area contributed by atoms with Gasteiger partial charge in [-0.1, -0.05) is 23.7 Å². The van der Waals surface area contributed by atoms with Gasteiger partial charge in [0.25, 0.3) is 5.91 Å². The van der Waals surface area contributed by atoms with Crippen molar-refractivity contribution in [3.05, 3.63) is 58.9 Å². The fraction of sp³-hybridized carbons (Fsp3) is 0.188. The van der Waals surface area contributed by atoms with Gasteiger partial charge in [-0.3, -0.25) is 9.78 Å². The van der Waals surface area contributed by atoms with Crippen LogP contribution in [0.2, 0.25) is 5.02 Å². The van der Waals surface area contributed by atoms with Gasteiger partial charge in [-0.15, -0.1) is 0 Å². The van der Waals surface area contributed by atoms with Gasteiger partial charge < -0.3 is 15.0 Å². The van der Waals surface area contributed by atoms with Gasteiger partial charge in [-0.2, -0.15) is 0 Å². The molecule has 1 aliphatic heterocycles. The van der Waals surface area contributed by atoms with Gasteiger partial charge in [0.15, 0.2) is 0 Å². The van der Waals surface area contributed by atoms with E-state index < -0.39 is 0 Å². The molecule has 0 bridgehead atoms. The van der Waals surface area contributed by atoms with Crippen molar-refractivity contribution < 1.29 is 14.3 Å². The first-order chi connectivity index (χ1) is 11.1. The van der Waals surface area contributed by atoms with Gasteiger partial charge in [-0.25, -0.2) is 4.79 Å². The van der Waals surface area contributed by atoms with Crippen molar-refractivity contribution in [2.24, 2.45) is 0 Å². The molecule has 7 heteroatoms. The first kappa shape index (κ1) is 15.3. The molecule has 0 saturated carbocycles. The summed E-state index contributed by atoms with van der Waals surface area (Å²) in [4.78, 5) is 29.1. The monoisotopic (exact) mass is 331 g/mol. The second kappa shape index (κ2) is 6.66. The fourth-order valence-corrected chi connectivity index (χ4v) is 2.37. The number of nitrogens with one attached hydrogen (secondary N) is 1. The van der Waals surface area contributed by atoms with Crippen LogP contribution in [0.15, 0.2) is 42.6 Å². The van der Waals surface area contributed by atoms with Crippen LogP contribution >= 0.6 is 11.6 Å². The predicted molar refractivity (Wildman–Crippen MR) is 85.4 cm³/mol. The minimum absolute atomic E-state index is 0.251. The lowest BCUT2D eigenvalue weighted by molar-refractivity contribution is 0.102. The first-order valence-corrected chi connectivity index (χ1v) is 7.43. The van der Waals surface area contributed by atoms with Gasteiger partial charge in [-0.05, 0) is 29.8 Å². The number of carbonyl (C=O) groups excluding carboxylic acids is 2. The van der Waals surface area contributed by atoms with E-state index in [0.29, 0.717) is 30.4 Å². The largest absolute Gasteiger partial charge is 0.448 e. The number of pyridine rings is 1. The van der Waals surface area contributed by atoms with Crippen molar-refractivity contribution in [3.63, 3.8) is 0 Å². The number of aromatic nitrogens is 1. The average Bonchev–Trinajstić information content (AvgIpc) is 2.94. The van der Waals surface area contributed by atoms with Gasteiger partial charge >= 0.3 is 6.09 Å². The third-order valence-electron chi connectivity index (χ3n) is 3.38. The zero-order valence-electron chi connectivity index (χ0n) is 12.2. The molecule has 118 valence electrons. The molecule has 1 aromatic heterocycles. The molecule has 23 heavy (non-hydrogen) atoms. The van der Waals surface area contributed by atoms with Gasteiger partial charge in [0.2, 0.25) is 0 Å². The van der Waals surface area contributed by atoms with Crippen molar-refractivity contribution in [1.82, 2.24) is 9.88 Å². The van der Waals surface area contributed by atoms with Gasteiger partial charge in [0.1, 0.15) is 12.3 Å². The quantitative estimate of drug-likeness (QED) is 0.935. The Balaban J connectivity index is 1.63. The lowest BCUT2D eigenvalue weighted by Crippen LogP contribution is -2.23. The Kier molecular flexibility index (Phi) is 4.43. The molecule has 0 unspecified atom stereocenters. The molecule has 2 aromatic rings. The maximum atomic E-state index is 12.1. The van der Waals surface area contributed by atoms with E-state index in [1.54, 1.807) is 23.1 Å². The molecule has 6 nitrogen and oxygen atoms in total. The molecule has 1 aliphatic rings. The molecule has 0 atom stereocenters. The highest BCUT2D eigenvalue weighted by Crippen LogP contribution is 2.15. The molecule has 3 rings (SSSR count). The molecule has 1 fully saturated rings. The smallest absolute Gasteiger partial charge is 0.410 e. The lowest BCUT2D eigenvalue weighted by Gasteiger charge is -2.13. The van der Waals surface area contributed by atoms with E-state index >= 15 is 0 Å². The van der Waals surface area contributed by atoms with Crippen LogP contribution in [0, 0.1) is 0 Å². The highest BCUT2D eigenvalue weighted by Gasteiger charge is 2.21. The Morgan fingerprint density at radius 3 is 2.74 bits per heavy atom. The summed E-state index contributed by atoms with van der Waals surface area (Å²) in [7, 11) is 0. The first-order valence-electron chi connectivity index (χ1n) is 7.05. The van der Waals surface area contributed by atoms with Crippen LogP contribution in [-0.4, -0.2) is 35.0 Å². The summed E-state index contributed by atoms with van der Waals surface area (Å²) in [6.45, 7) is 1.51. The summed E-state index contributed by atoms with van der Waals surface area (Å²) in [5.74, 6) is -0.330. The Labute approximate surface area is 138 Å². The highest BCUT2D eigenvalue weighted by molar-refractivity contribution is 6.30. The van der Waals surface area contributed by atoms with Crippen molar-refractivity contribution in [2.75, 3.05) is 18.5 Å². The van der Waals surface area contributed by atoms with Crippen molar-refractivity contribution >= 4 is 29.3 Å². The maximum absolute atomic E-state index is 12.1. The van der Waals surface area contributed by atoms with Crippen molar-refractivity contribution in [3.8, 4) is 0 Å². The number of ether oxygens (including phenoxy) is 1. The van der Waals surface area contributed by atoms with Crippen LogP contribution in [0.5, 0.6) is 0 Å². The Morgan fingerprint density at radius 2 is 2.09 bits per heavy atom. The molecule has 0 aliphatic carbocycles. The number of nitrogens with zero attached hydrogens (tertiary/aromatic N) is 2. The lowest BCUT2D eigenvalue weighted by atomic mass is 10.2. The number of halogens is 1. The van der Waals surface area contributed by atoms with E-state index in [9.17, 15) is 9.59 Å². The number of hydrogen-bond acceptors (Lipinski definition) is 4. The standard InChI is InChI=1S/C16H14ClN3O3/c17-12-5-6-18-14(9-12)15(21)19-13-3-1-11(2-4-13)10-20-7-8-23-16(20)22/h1-6,9H,7-8,10H2,(H,19,21). The van der Waals surface area contributed by atoms with Crippen LogP contribution in [0.25, 0.3) is 0 Å². The van der Waals surface area contributed by atoms with Crippen molar-refractivity contribution in [1.29, 1.82) is 0 Å². The molecule has 0 spiro atoms. The van der Waals surface area contributed by atoms with E-state index in [0.717, 1.165) is 5.56 Å². The third-order valence-corrected chi connectivity index (χ3v) is 3.62. The topological polar surface area (TPSA) is 71.5 Å². The predicted octanol–water partition coefficient (Wildman–Crippen LogP) is 2.94. The Morgan fingerprint density at radius 1 is 1.30 bits per heavy atom. The van der Waals surface area contributed by atoms with Crippen molar-refractivity contribution in [2.45, 2.75) is 6.54 Å². The van der Waals surface area contributed by atoms with E-state index in [2.05, 4.69) is 10.3 Å². The summed E-state index contributed by atoms with van der Waals surface area (Å²) in [5, 5.41) is 3.21. The molecule has 2 heterocycles. The minimum Gasteiger partial charge on any atom is -0.448 e. The molecule has 1 N–H and O–H groups in total. The van der Waals surface area contributed by atoms with E-state index in [4.69, 9.17) is 16.3 Å². The van der Waals surface area contributed by atoms with Gasteiger partial charge in [0.05, 0.1) is 6.54 Å². The Bertz CT molecular complexity index is 734. The number of cyclic esters (lactones) is 1. The number of amides is 2. The molecule has 2 amide bonds. The summed E-state index contributed by atoms with van der Waals surface area (Å²) in [5.41, 5.74) is 1.86. The third kappa shape index (κ3) is 3.78. The summed E-state index contributed by atoms with van der Waals surface area (Å²) in [6, 6.07) is 10.4. The number of carbonyl (C=O) groups is 2. The van der Waals surface area contributed by atoms with Crippen LogP contribution in [0.3, 0.4) is 0 Å². The summed E-state index contributed by atoms with van der Waals surface area (Å²) >= 11 is 5.84. The van der Waals surface area contributed by atoms with Gasteiger partial charge in [0, 0.05) is 23.5 Å². The second-order valence-electron chi connectivity index (χ2n) is 5.05. The van der Waals surface area contributed by atoms with Crippen LogP contribution in [0.4, 0.5) is 10.5 Å². The fourth-order valence-electron chi connectivity index (χ4n) is 2.21. The zero-order chi connectivity index (χ0) is 16.2. The van der Waals surface area contributed by atoms with Crippen LogP contribution in [0.1, 0.15) is 16.1 Å². The van der Waals surface area contributed by atoms with Crippen LogP contribution in [-0.2, 0) is 11.3 Å². The Hall–Kier alpha value is -2.60. The number of anilines is 1. The molecular weight excluding hydrogens is 318 g/mol. The van der Waals surface area contributed by atoms with E-state index in [1.807, 2.05) is 12.1 Å². The average molecular weight is 332 g/mol. The van der Waals surface area contributed by atoms with E-state index in [-0.39, 0.29) is 17.7 Å². The molecule has 1 aromatic carbocycles. The van der Waals surface area contributed by atoms with Crippen LogP contribution < -0.4 is 5.32 Å². The number of benzene rings is 1. The SMILES string of the molecule is O=C(Nc1ccc(CN2CCOC2=O)cc1)c1cc(Cl)ccn1. The molecule has 1 saturated heterocycles. The normalized spacial score (nSPS) is 13.8. The molecule has 0 radical (unpaired) electrons. The number of hydrogen-bond donors (Lipinski definition) is 1. The molecular formula is C16H14ClN3O3. The summed E-state index contributed by atoms with van der Waals surface area (Å²) in [6.07, 6.45) is 1.18. The summed E-state index contributed by atoms with van der Waals surface area (Å²) < 4.78 is 4.88. The second-order valence-corrected chi connectivity index (χ2v) is 5.48.